The van der Waals surface area contributed by atoms with Crippen molar-refractivity contribution in [3.8, 4) is 0 Å². The number of thioether (sulfide) groups is 1. The van der Waals surface area contributed by atoms with Gasteiger partial charge in [0.05, 0.1) is 44.9 Å². The molecule has 3 aromatic rings. The van der Waals surface area contributed by atoms with Crippen molar-refractivity contribution >= 4 is 28.8 Å². The smallest absolute Gasteiger partial charge is 0.287 e. The van der Waals surface area contributed by atoms with E-state index >= 15 is 0 Å². The standard InChI is InChI=1S/C27H32N4OS/c1-20-18-22(28-19-30(20)16-11-17-31(3,4)5)25(26(32)21-12-7-6-8-13-21)27-29(2)23-14-9-10-15-24(23)33-27/h6-10,12-15,18-19H,11,16-17H2,1-5H3/q+2. The van der Waals surface area contributed by atoms with Crippen molar-refractivity contribution in [3.05, 3.63) is 89.0 Å². The van der Waals surface area contributed by atoms with Gasteiger partial charge in [-0.15, -0.1) is 0 Å². The number of benzene rings is 2. The summed E-state index contributed by atoms with van der Waals surface area (Å²) in [6.45, 7) is 4.09. The summed E-state index contributed by atoms with van der Waals surface area (Å²) < 4.78 is 3.12. The number of aryl methyl sites for hydroxylation is 2. The summed E-state index contributed by atoms with van der Waals surface area (Å²) >= 11 is 1.63. The Balaban J connectivity index is 1.74. The molecule has 1 aromatic heterocycles. The van der Waals surface area contributed by atoms with Crippen LogP contribution in [0.1, 0.15) is 28.2 Å². The fraction of sp³-hybridized carbons (Fsp3) is 0.296. The maximum absolute atomic E-state index is 13.8. The van der Waals surface area contributed by atoms with Crippen LogP contribution in [-0.2, 0) is 6.54 Å². The highest BCUT2D eigenvalue weighted by Crippen LogP contribution is 2.48. The molecule has 0 amide bonds. The molecule has 1 aliphatic heterocycles. The molecule has 0 saturated carbocycles. The van der Waals surface area contributed by atoms with E-state index in [-0.39, 0.29) is 5.78 Å². The first-order chi connectivity index (χ1) is 15.7. The second kappa shape index (κ2) is 9.49. The van der Waals surface area contributed by atoms with Gasteiger partial charge in [-0.2, -0.15) is 0 Å². The number of para-hydroxylation sites is 1. The average Bonchev–Trinajstić information content (AvgIpc) is 3.11. The van der Waals surface area contributed by atoms with Gasteiger partial charge >= 0.3 is 0 Å². The number of carbonyl (C=O) groups excluding carboxylic acids is 1. The summed E-state index contributed by atoms with van der Waals surface area (Å²) in [7, 11) is 8.65. The quantitative estimate of drug-likeness (QED) is 0.224. The number of hydrogen-bond donors (Lipinski definition) is 0. The van der Waals surface area contributed by atoms with E-state index in [9.17, 15) is 4.79 Å². The number of Topliss-reactive ketones (excluding diaryl/α,β-unsaturated/α-hetero) is 1. The van der Waals surface area contributed by atoms with Crippen molar-refractivity contribution in [1.29, 1.82) is 0 Å². The summed E-state index contributed by atoms with van der Waals surface area (Å²) in [5.74, 6) is -0.00700. The molecule has 2 heterocycles. The van der Waals surface area contributed by atoms with Crippen LogP contribution < -0.4 is 9.47 Å². The normalized spacial score (nSPS) is 14.9. The molecule has 1 aliphatic rings. The maximum atomic E-state index is 13.8. The number of anilines is 1. The lowest BCUT2D eigenvalue weighted by molar-refractivity contribution is -0.873. The third kappa shape index (κ3) is 5.18. The summed E-state index contributed by atoms with van der Waals surface area (Å²) in [4.78, 5) is 21.8. The first kappa shape index (κ1) is 23.2. The molecule has 0 atom stereocenters. The van der Waals surface area contributed by atoms with Crippen LogP contribution in [0.15, 0.2) is 76.9 Å². The second-order valence-corrected chi connectivity index (χ2v) is 10.5. The highest BCUT2D eigenvalue weighted by atomic mass is 32.2. The summed E-state index contributed by atoms with van der Waals surface area (Å²) in [6.07, 6.45) is 2.95. The number of ketones is 1. The van der Waals surface area contributed by atoms with E-state index in [2.05, 4.69) is 49.7 Å². The van der Waals surface area contributed by atoms with Gasteiger partial charge in [0.2, 0.25) is 0 Å². The van der Waals surface area contributed by atoms with Crippen molar-refractivity contribution in [2.75, 3.05) is 39.6 Å². The second-order valence-electron chi connectivity index (χ2n) is 9.48. The Morgan fingerprint density at radius 3 is 2.42 bits per heavy atom. The number of allylic oxidation sites excluding steroid dienone is 1. The lowest BCUT2D eigenvalue weighted by Crippen LogP contribution is -2.42. The lowest BCUT2D eigenvalue weighted by atomic mass is 10.0. The van der Waals surface area contributed by atoms with Gasteiger partial charge in [0.25, 0.3) is 6.33 Å². The molecule has 5 nitrogen and oxygen atoms in total. The minimum Gasteiger partial charge on any atom is -0.337 e. The largest absolute Gasteiger partial charge is 0.337 e. The van der Waals surface area contributed by atoms with Gasteiger partial charge in [0, 0.05) is 30.0 Å². The summed E-state index contributed by atoms with van der Waals surface area (Å²) in [5, 5.41) is 0.916. The van der Waals surface area contributed by atoms with Crippen LogP contribution in [0.25, 0.3) is 5.57 Å². The Hall–Kier alpha value is -2.96. The van der Waals surface area contributed by atoms with Gasteiger partial charge in [-0.25, -0.2) is 4.57 Å². The molecule has 0 aliphatic carbocycles. The van der Waals surface area contributed by atoms with Gasteiger partial charge < -0.3 is 9.38 Å². The molecule has 0 spiro atoms. The summed E-state index contributed by atoms with van der Waals surface area (Å²) in [6, 6.07) is 19.8. The van der Waals surface area contributed by atoms with Crippen molar-refractivity contribution in [3.63, 3.8) is 0 Å². The van der Waals surface area contributed by atoms with Crippen LogP contribution in [-0.4, -0.2) is 50.0 Å². The van der Waals surface area contributed by atoms with Gasteiger partial charge in [0.15, 0.2) is 11.5 Å². The van der Waals surface area contributed by atoms with Gasteiger partial charge in [-0.1, -0.05) is 54.2 Å². The van der Waals surface area contributed by atoms with E-state index < -0.39 is 0 Å². The Bertz CT molecular complexity index is 1200. The van der Waals surface area contributed by atoms with Crippen molar-refractivity contribution in [2.24, 2.45) is 0 Å². The van der Waals surface area contributed by atoms with Crippen LogP contribution >= 0.6 is 11.8 Å². The highest BCUT2D eigenvalue weighted by molar-refractivity contribution is 8.04. The molecule has 2 aromatic carbocycles. The molecule has 0 fully saturated rings. The third-order valence-electron chi connectivity index (χ3n) is 5.83. The monoisotopic (exact) mass is 460 g/mol. The van der Waals surface area contributed by atoms with Crippen molar-refractivity contribution < 1.29 is 13.8 Å². The predicted octanol–water partition coefficient (Wildman–Crippen LogP) is 4.57. The topological polar surface area (TPSA) is 37.1 Å². The Kier molecular flexibility index (Phi) is 6.68. The van der Waals surface area contributed by atoms with E-state index in [0.717, 1.165) is 45.3 Å². The summed E-state index contributed by atoms with van der Waals surface area (Å²) in [5.41, 5.74) is 4.24. The van der Waals surface area contributed by atoms with E-state index in [4.69, 9.17) is 4.98 Å². The van der Waals surface area contributed by atoms with Crippen LogP contribution in [0, 0.1) is 6.92 Å². The minimum absolute atomic E-state index is 0.00700. The maximum Gasteiger partial charge on any atom is 0.287 e. The highest BCUT2D eigenvalue weighted by Gasteiger charge is 2.32. The minimum atomic E-state index is -0.00700. The van der Waals surface area contributed by atoms with Gasteiger partial charge in [0.1, 0.15) is 11.3 Å². The molecule has 6 heteroatoms. The molecule has 0 saturated heterocycles. The molecule has 4 rings (SSSR count). The molecule has 0 radical (unpaired) electrons. The van der Waals surface area contributed by atoms with Crippen LogP contribution in [0.2, 0.25) is 0 Å². The van der Waals surface area contributed by atoms with E-state index in [1.165, 1.54) is 0 Å². The van der Waals surface area contributed by atoms with E-state index in [1.807, 2.05) is 61.9 Å². The predicted molar refractivity (Wildman–Crippen MR) is 135 cm³/mol. The fourth-order valence-electron chi connectivity index (χ4n) is 4.01. The number of aromatic nitrogens is 2. The zero-order valence-corrected chi connectivity index (χ0v) is 20.9. The SMILES string of the molecule is Cc1cc(/C(C(=O)c2ccccc2)=C2\Sc3ccccc3N2C)nc[n+]1CCC[N+](C)(C)C. The van der Waals surface area contributed by atoms with Crippen LogP contribution in [0.4, 0.5) is 5.69 Å². The molecule has 0 N–H and O–H groups in total. The first-order valence-electron chi connectivity index (χ1n) is 11.3. The zero-order valence-electron chi connectivity index (χ0n) is 20.1. The molecule has 0 unspecified atom stereocenters. The molecule has 33 heavy (non-hydrogen) atoms. The number of carbonyl (C=O) groups is 1. The van der Waals surface area contributed by atoms with Crippen LogP contribution in [0.5, 0.6) is 0 Å². The third-order valence-corrected chi connectivity index (χ3v) is 7.07. The Labute approximate surface area is 201 Å². The number of rotatable bonds is 7. The molecule has 0 bridgehead atoms. The van der Waals surface area contributed by atoms with E-state index in [1.54, 1.807) is 11.8 Å². The fourth-order valence-corrected chi connectivity index (χ4v) is 5.20. The number of hydrogen-bond acceptors (Lipinski definition) is 4. The molecule has 170 valence electrons. The lowest BCUT2D eigenvalue weighted by Gasteiger charge is -2.23. The first-order valence-corrected chi connectivity index (χ1v) is 12.1. The Morgan fingerprint density at radius 1 is 1.06 bits per heavy atom. The molecular weight excluding hydrogens is 428 g/mol. The number of fused-ring (bicyclic) bond motifs is 1. The molecular formula is C27H32N4OS+2. The number of quaternary nitrogens is 1. The number of nitrogens with zero attached hydrogens (tertiary/aromatic N) is 4. The van der Waals surface area contributed by atoms with E-state index in [0.29, 0.717) is 16.8 Å². The van der Waals surface area contributed by atoms with Crippen molar-refractivity contribution in [2.45, 2.75) is 24.8 Å². The Morgan fingerprint density at radius 2 is 1.76 bits per heavy atom. The van der Waals surface area contributed by atoms with Gasteiger partial charge in [-0.3, -0.25) is 4.79 Å². The van der Waals surface area contributed by atoms with Crippen LogP contribution in [0.3, 0.4) is 0 Å². The zero-order chi connectivity index (χ0) is 23.6. The van der Waals surface area contributed by atoms with Crippen molar-refractivity contribution in [1.82, 2.24) is 4.98 Å². The average molecular weight is 461 g/mol. The van der Waals surface area contributed by atoms with Gasteiger partial charge in [-0.05, 0) is 24.0 Å².